The Morgan fingerprint density at radius 2 is 2.33 bits per heavy atom. The minimum atomic E-state index is 0.0635. The van der Waals surface area contributed by atoms with E-state index in [-0.39, 0.29) is 5.91 Å². The molecule has 0 heterocycles. The second kappa shape index (κ2) is 9.04. The third kappa shape index (κ3) is 8.05. The number of nitrogens with one attached hydrogen (secondary N) is 1. The molecule has 0 radical (unpaired) electrons. The second-order valence-electron chi connectivity index (χ2n) is 2.35. The summed E-state index contributed by atoms with van der Waals surface area (Å²) in [5.41, 5.74) is 5.30. The van der Waals surface area contributed by atoms with Crippen molar-refractivity contribution in [3.05, 3.63) is 0 Å². The van der Waals surface area contributed by atoms with Crippen molar-refractivity contribution in [2.24, 2.45) is 5.73 Å². The summed E-state index contributed by atoms with van der Waals surface area (Å²) in [7, 11) is 0.853. The molecule has 70 valence electrons. The van der Waals surface area contributed by atoms with E-state index in [0.29, 0.717) is 13.0 Å². The highest BCUT2D eigenvalue weighted by atomic mass is 32.7. The summed E-state index contributed by atoms with van der Waals surface area (Å²) in [6, 6.07) is 0. The maximum absolute atomic E-state index is 11.0. The molecule has 0 saturated heterocycles. The van der Waals surface area contributed by atoms with Crippen LogP contribution in [0.15, 0.2) is 0 Å². The molecule has 0 spiro atoms. The fraction of sp³-hybridized carbons (Fsp3) is 0.714. The van der Waals surface area contributed by atoms with Gasteiger partial charge in [-0.1, -0.05) is 0 Å². The van der Waals surface area contributed by atoms with Crippen LogP contribution in [0.25, 0.3) is 0 Å². The van der Waals surface area contributed by atoms with E-state index in [0.717, 1.165) is 26.8 Å². The van der Waals surface area contributed by atoms with E-state index in [1.807, 2.05) is 0 Å². The van der Waals surface area contributed by atoms with E-state index in [2.05, 4.69) is 17.6 Å². The van der Waals surface area contributed by atoms with Crippen LogP contribution in [0.3, 0.4) is 0 Å². The molecular formula is C7H15N2OPS. The van der Waals surface area contributed by atoms with Crippen LogP contribution in [0.5, 0.6) is 0 Å². The van der Waals surface area contributed by atoms with Gasteiger partial charge in [-0.2, -0.15) is 0 Å². The summed E-state index contributed by atoms with van der Waals surface area (Å²) in [6.45, 7) is 1.42. The van der Waals surface area contributed by atoms with Crippen LogP contribution in [0, 0.1) is 0 Å². The minimum Gasteiger partial charge on any atom is -0.356 e. The molecule has 0 fully saturated rings. The molecule has 3 N–H and O–H groups in total. The number of amides is 1. The molecule has 3 nitrogen and oxygen atoms in total. The standard InChI is InChI=1S/C7H15N2OPS/c8-4-1-2-5-9-7(10)3-6-11-12/h6,12H,1-5,8H2,(H,9,10). The zero-order valence-corrected chi connectivity index (χ0v) is 8.78. The maximum atomic E-state index is 11.0. The highest BCUT2D eigenvalue weighted by molar-refractivity contribution is 8.37. The molecule has 0 aliphatic heterocycles. The van der Waals surface area contributed by atoms with Crippen molar-refractivity contribution in [3.8, 4) is 0 Å². The van der Waals surface area contributed by atoms with Gasteiger partial charge in [0.25, 0.3) is 0 Å². The zero-order valence-electron chi connectivity index (χ0n) is 6.99. The molecule has 0 rings (SSSR count). The fourth-order valence-electron chi connectivity index (χ4n) is 0.693. The first-order valence-corrected chi connectivity index (χ1v) is 6.05. The van der Waals surface area contributed by atoms with E-state index < -0.39 is 0 Å². The number of thiol groups is 1. The third-order valence-electron chi connectivity index (χ3n) is 1.31. The van der Waals surface area contributed by atoms with Crippen LogP contribution in [-0.2, 0) is 4.79 Å². The Labute approximate surface area is 80.1 Å². The van der Waals surface area contributed by atoms with Crippen molar-refractivity contribution in [3.63, 3.8) is 0 Å². The highest BCUT2D eigenvalue weighted by Gasteiger charge is 1.95. The van der Waals surface area contributed by atoms with E-state index in [4.69, 9.17) is 5.73 Å². The van der Waals surface area contributed by atoms with Crippen LogP contribution < -0.4 is 11.1 Å². The van der Waals surface area contributed by atoms with Crippen molar-refractivity contribution in [2.75, 3.05) is 13.1 Å². The lowest BCUT2D eigenvalue weighted by molar-refractivity contribution is -0.119. The van der Waals surface area contributed by atoms with Crippen molar-refractivity contribution in [1.29, 1.82) is 0 Å². The number of carbonyl (C=O) groups is 1. The fourth-order valence-corrected chi connectivity index (χ4v) is 1.19. The summed E-state index contributed by atoms with van der Waals surface area (Å²) in [4.78, 5) is 11.0. The third-order valence-corrected chi connectivity index (χ3v) is 2.15. The van der Waals surface area contributed by atoms with Gasteiger partial charge >= 0.3 is 0 Å². The van der Waals surface area contributed by atoms with Gasteiger partial charge in [-0.3, -0.25) is 4.79 Å². The Morgan fingerprint density at radius 1 is 1.58 bits per heavy atom. The molecule has 0 aromatic carbocycles. The Bertz CT molecular complexity index is 152. The van der Waals surface area contributed by atoms with Gasteiger partial charge in [0.1, 0.15) is 0 Å². The molecule has 0 saturated carbocycles. The lowest BCUT2D eigenvalue weighted by atomic mass is 10.3. The predicted molar refractivity (Wildman–Crippen MR) is 57.9 cm³/mol. The Balaban J connectivity index is 3.20. The van der Waals surface area contributed by atoms with Gasteiger partial charge in [-0.05, 0) is 32.6 Å². The van der Waals surface area contributed by atoms with E-state index >= 15 is 0 Å². The molecule has 0 bridgehead atoms. The van der Waals surface area contributed by atoms with Gasteiger partial charge in [0.05, 0.1) is 0 Å². The van der Waals surface area contributed by atoms with E-state index in [9.17, 15) is 4.79 Å². The molecule has 0 atom stereocenters. The van der Waals surface area contributed by atoms with Crippen LogP contribution in [0.4, 0.5) is 0 Å². The van der Waals surface area contributed by atoms with Crippen molar-refractivity contribution < 1.29 is 4.79 Å². The first kappa shape index (κ1) is 11.9. The Morgan fingerprint density at radius 3 is 2.92 bits per heavy atom. The van der Waals surface area contributed by atoms with Crippen LogP contribution >= 0.6 is 19.7 Å². The van der Waals surface area contributed by atoms with Crippen LogP contribution in [0.1, 0.15) is 19.3 Å². The molecule has 0 aromatic rings. The number of unbranched alkanes of at least 4 members (excludes halogenated alkanes) is 1. The molecule has 0 unspecified atom stereocenters. The van der Waals surface area contributed by atoms with Gasteiger partial charge < -0.3 is 11.1 Å². The lowest BCUT2D eigenvalue weighted by Crippen LogP contribution is -2.24. The summed E-state index contributed by atoms with van der Waals surface area (Å²) >= 11 is 3.94. The van der Waals surface area contributed by atoms with Crippen molar-refractivity contribution in [1.82, 2.24) is 5.32 Å². The normalized spacial score (nSPS) is 10.5. The van der Waals surface area contributed by atoms with E-state index in [1.54, 1.807) is 5.80 Å². The van der Waals surface area contributed by atoms with Crippen molar-refractivity contribution in [2.45, 2.75) is 19.3 Å². The predicted octanol–water partition coefficient (Wildman–Crippen LogP) is 0.825. The van der Waals surface area contributed by atoms with E-state index in [1.165, 1.54) is 0 Å². The zero-order chi connectivity index (χ0) is 9.23. The topological polar surface area (TPSA) is 55.1 Å². The minimum absolute atomic E-state index is 0.0635. The van der Waals surface area contributed by atoms with Gasteiger partial charge in [-0.25, -0.2) is 0 Å². The molecule has 0 aliphatic rings. The number of nitrogens with two attached hydrogens (primary N) is 1. The van der Waals surface area contributed by atoms with Crippen LogP contribution in [0.2, 0.25) is 0 Å². The van der Waals surface area contributed by atoms with Crippen LogP contribution in [-0.4, -0.2) is 24.8 Å². The molecule has 0 aliphatic carbocycles. The average molecular weight is 206 g/mol. The first-order valence-electron chi connectivity index (χ1n) is 3.94. The molecule has 5 heteroatoms. The second-order valence-corrected chi connectivity index (χ2v) is 3.64. The summed E-state index contributed by atoms with van der Waals surface area (Å²) in [6.07, 6.45) is 2.38. The van der Waals surface area contributed by atoms with Crippen molar-refractivity contribution >= 4 is 31.4 Å². The quantitative estimate of drug-likeness (QED) is 0.342. The Kier molecular flexibility index (Phi) is 9.00. The van der Waals surface area contributed by atoms with Gasteiger partial charge in [0.15, 0.2) is 0 Å². The number of rotatable bonds is 6. The largest absolute Gasteiger partial charge is 0.356 e. The van der Waals surface area contributed by atoms with Gasteiger partial charge in [0, 0.05) is 13.0 Å². The number of hydrogen-bond acceptors (Lipinski definition) is 3. The monoisotopic (exact) mass is 206 g/mol. The SMILES string of the molecule is NCCCCNC(=O)CC=PS. The molecule has 1 amide bonds. The van der Waals surface area contributed by atoms with Gasteiger partial charge in [0.2, 0.25) is 5.91 Å². The first-order chi connectivity index (χ1) is 5.81. The molecule has 0 aromatic heterocycles. The lowest BCUT2D eigenvalue weighted by Gasteiger charge is -2.01. The maximum Gasteiger partial charge on any atom is 0.224 e. The molecular weight excluding hydrogens is 191 g/mol. The number of carbonyl (C=O) groups excluding carboxylic acids is 1. The van der Waals surface area contributed by atoms with Gasteiger partial charge in [-0.15, -0.1) is 12.2 Å². The smallest absolute Gasteiger partial charge is 0.224 e. The summed E-state index contributed by atoms with van der Waals surface area (Å²) in [5.74, 6) is 1.87. The average Bonchev–Trinajstić information content (AvgIpc) is 2.09. The molecule has 12 heavy (non-hydrogen) atoms. The summed E-state index contributed by atoms with van der Waals surface area (Å²) in [5, 5.41) is 2.79. The Hall–Kier alpha value is -0.0500. The highest BCUT2D eigenvalue weighted by Crippen LogP contribution is 1.98. The summed E-state index contributed by atoms with van der Waals surface area (Å²) < 4.78 is 0. The number of hydrogen-bond donors (Lipinski definition) is 3.